The van der Waals surface area contributed by atoms with Gasteiger partial charge in [0.2, 0.25) is 0 Å². The van der Waals surface area contributed by atoms with Crippen molar-refractivity contribution in [1.29, 1.82) is 0 Å². The van der Waals surface area contributed by atoms with Gasteiger partial charge >= 0.3 is 5.97 Å². The van der Waals surface area contributed by atoms with E-state index >= 15 is 0 Å². The molecule has 0 saturated carbocycles. The maximum absolute atomic E-state index is 11.1. The van der Waals surface area contributed by atoms with Crippen LogP contribution in [0.15, 0.2) is 36.6 Å². The summed E-state index contributed by atoms with van der Waals surface area (Å²) < 4.78 is 4.94. The fraction of sp³-hybridized carbons (Fsp3) is 0.417. The summed E-state index contributed by atoms with van der Waals surface area (Å²) >= 11 is 0. The molecular formula is C12H18O2. The SMILES string of the molecule is C=C(CCCC)OC(=O)/C=C/C=C/C. The normalized spacial score (nSPS) is 11.0. The average Bonchev–Trinajstić information content (AvgIpc) is 2.15. The van der Waals surface area contributed by atoms with E-state index < -0.39 is 0 Å². The predicted octanol–water partition coefficient (Wildman–Crippen LogP) is 3.37. The molecular weight excluding hydrogens is 176 g/mol. The van der Waals surface area contributed by atoms with Crippen molar-refractivity contribution < 1.29 is 9.53 Å². The van der Waals surface area contributed by atoms with E-state index in [-0.39, 0.29) is 5.97 Å². The highest BCUT2D eigenvalue weighted by Gasteiger charge is 1.99. The number of carbonyl (C=O) groups excluding carboxylic acids is 1. The van der Waals surface area contributed by atoms with E-state index in [2.05, 4.69) is 13.5 Å². The first-order chi connectivity index (χ1) is 6.70. The zero-order valence-electron chi connectivity index (χ0n) is 8.95. The fourth-order valence-electron chi connectivity index (χ4n) is 0.846. The molecule has 0 rings (SSSR count). The Hall–Kier alpha value is -1.31. The first-order valence-corrected chi connectivity index (χ1v) is 4.89. The minimum absolute atomic E-state index is 0.357. The Labute approximate surface area is 86.0 Å². The highest BCUT2D eigenvalue weighted by Crippen LogP contribution is 2.06. The Balaban J connectivity index is 3.76. The molecule has 2 nitrogen and oxygen atoms in total. The Kier molecular flexibility index (Phi) is 7.52. The molecule has 0 saturated heterocycles. The summed E-state index contributed by atoms with van der Waals surface area (Å²) in [5.41, 5.74) is 0. The van der Waals surface area contributed by atoms with Crippen LogP contribution >= 0.6 is 0 Å². The molecule has 0 radical (unpaired) electrons. The summed E-state index contributed by atoms with van der Waals surface area (Å²) in [7, 11) is 0. The van der Waals surface area contributed by atoms with Gasteiger partial charge in [0.25, 0.3) is 0 Å². The van der Waals surface area contributed by atoms with Crippen LogP contribution in [0.5, 0.6) is 0 Å². The van der Waals surface area contributed by atoms with Crippen molar-refractivity contribution in [3.05, 3.63) is 36.6 Å². The minimum Gasteiger partial charge on any atom is -0.429 e. The zero-order chi connectivity index (χ0) is 10.8. The lowest BCUT2D eigenvalue weighted by atomic mass is 10.2. The Morgan fingerprint density at radius 3 is 2.71 bits per heavy atom. The van der Waals surface area contributed by atoms with Gasteiger partial charge in [0.05, 0.1) is 0 Å². The van der Waals surface area contributed by atoms with E-state index in [1.165, 1.54) is 6.08 Å². The molecule has 14 heavy (non-hydrogen) atoms. The summed E-state index contributed by atoms with van der Waals surface area (Å²) in [6, 6.07) is 0. The van der Waals surface area contributed by atoms with Crippen molar-refractivity contribution in [3.63, 3.8) is 0 Å². The number of unbranched alkanes of at least 4 members (excludes halogenated alkanes) is 1. The third-order valence-corrected chi connectivity index (χ3v) is 1.59. The van der Waals surface area contributed by atoms with Gasteiger partial charge in [0.15, 0.2) is 0 Å². The summed E-state index contributed by atoms with van der Waals surface area (Å²) in [4.78, 5) is 11.1. The van der Waals surface area contributed by atoms with Gasteiger partial charge in [-0.1, -0.05) is 38.2 Å². The first kappa shape index (κ1) is 12.7. The van der Waals surface area contributed by atoms with Crippen LogP contribution in [0.1, 0.15) is 33.1 Å². The van der Waals surface area contributed by atoms with Gasteiger partial charge in [0, 0.05) is 12.5 Å². The van der Waals surface area contributed by atoms with Gasteiger partial charge in [-0.15, -0.1) is 0 Å². The Morgan fingerprint density at radius 1 is 1.43 bits per heavy atom. The van der Waals surface area contributed by atoms with Crippen molar-refractivity contribution in [1.82, 2.24) is 0 Å². The molecule has 0 aliphatic carbocycles. The number of ether oxygens (including phenoxy) is 1. The number of carbonyl (C=O) groups is 1. The lowest BCUT2D eigenvalue weighted by molar-refractivity contribution is -0.133. The molecule has 78 valence electrons. The third kappa shape index (κ3) is 7.35. The molecule has 0 aromatic rings. The molecule has 0 aliphatic rings. The quantitative estimate of drug-likeness (QED) is 0.280. The second-order valence-electron chi connectivity index (χ2n) is 2.95. The fourth-order valence-corrected chi connectivity index (χ4v) is 0.846. The molecule has 0 aliphatic heterocycles. The maximum atomic E-state index is 11.1. The van der Waals surface area contributed by atoms with Gasteiger partial charge in [-0.3, -0.25) is 0 Å². The van der Waals surface area contributed by atoms with Crippen molar-refractivity contribution in [2.75, 3.05) is 0 Å². The van der Waals surface area contributed by atoms with Crippen LogP contribution in [0.2, 0.25) is 0 Å². The van der Waals surface area contributed by atoms with Gasteiger partial charge in [0.1, 0.15) is 5.76 Å². The van der Waals surface area contributed by atoms with E-state index in [1.807, 2.05) is 13.0 Å². The van der Waals surface area contributed by atoms with Crippen LogP contribution in [0.25, 0.3) is 0 Å². The summed E-state index contributed by atoms with van der Waals surface area (Å²) in [5, 5.41) is 0. The number of allylic oxidation sites excluding steroid dienone is 4. The molecule has 0 spiro atoms. The highest BCUT2D eigenvalue weighted by molar-refractivity contribution is 5.83. The number of hydrogen-bond acceptors (Lipinski definition) is 2. The summed E-state index contributed by atoms with van der Waals surface area (Å²) in [6.45, 7) is 7.63. The van der Waals surface area contributed by atoms with Crippen LogP contribution in [-0.4, -0.2) is 5.97 Å². The summed E-state index contributed by atoms with van der Waals surface area (Å²) in [5.74, 6) is 0.186. The van der Waals surface area contributed by atoms with E-state index in [0.717, 1.165) is 19.3 Å². The zero-order valence-corrected chi connectivity index (χ0v) is 8.95. The van der Waals surface area contributed by atoms with Crippen molar-refractivity contribution in [2.24, 2.45) is 0 Å². The van der Waals surface area contributed by atoms with E-state index in [4.69, 9.17) is 4.74 Å². The molecule has 0 atom stereocenters. The molecule has 0 unspecified atom stereocenters. The van der Waals surface area contributed by atoms with E-state index in [9.17, 15) is 4.79 Å². The molecule has 0 bridgehead atoms. The largest absolute Gasteiger partial charge is 0.429 e. The van der Waals surface area contributed by atoms with Crippen LogP contribution < -0.4 is 0 Å². The molecule has 0 aromatic carbocycles. The first-order valence-electron chi connectivity index (χ1n) is 4.89. The van der Waals surface area contributed by atoms with Crippen LogP contribution in [0.4, 0.5) is 0 Å². The topological polar surface area (TPSA) is 26.3 Å². The predicted molar refractivity (Wildman–Crippen MR) is 58.7 cm³/mol. The number of hydrogen-bond donors (Lipinski definition) is 0. The average molecular weight is 194 g/mol. The number of rotatable bonds is 6. The molecule has 0 aromatic heterocycles. The van der Waals surface area contributed by atoms with Crippen molar-refractivity contribution >= 4 is 5.97 Å². The van der Waals surface area contributed by atoms with Crippen molar-refractivity contribution in [2.45, 2.75) is 33.1 Å². The third-order valence-electron chi connectivity index (χ3n) is 1.59. The van der Waals surface area contributed by atoms with Gasteiger partial charge < -0.3 is 4.74 Å². The smallest absolute Gasteiger partial charge is 0.335 e. The van der Waals surface area contributed by atoms with E-state index in [0.29, 0.717) is 5.76 Å². The highest BCUT2D eigenvalue weighted by atomic mass is 16.5. The minimum atomic E-state index is -0.357. The lowest BCUT2D eigenvalue weighted by Crippen LogP contribution is -1.99. The summed E-state index contributed by atoms with van der Waals surface area (Å²) in [6.07, 6.45) is 9.48. The lowest BCUT2D eigenvalue weighted by Gasteiger charge is -2.03. The Bertz CT molecular complexity index is 237. The molecule has 2 heteroatoms. The van der Waals surface area contributed by atoms with Crippen LogP contribution in [0.3, 0.4) is 0 Å². The van der Waals surface area contributed by atoms with Gasteiger partial charge in [-0.05, 0) is 13.3 Å². The molecule has 0 heterocycles. The van der Waals surface area contributed by atoms with Gasteiger partial charge in [-0.2, -0.15) is 0 Å². The second-order valence-corrected chi connectivity index (χ2v) is 2.95. The van der Waals surface area contributed by atoms with Crippen LogP contribution in [0, 0.1) is 0 Å². The number of esters is 1. The van der Waals surface area contributed by atoms with E-state index in [1.54, 1.807) is 12.2 Å². The molecule has 0 N–H and O–H groups in total. The monoisotopic (exact) mass is 194 g/mol. The van der Waals surface area contributed by atoms with Crippen molar-refractivity contribution in [3.8, 4) is 0 Å². The standard InChI is InChI=1S/C12H18O2/c1-4-6-8-10-12(13)14-11(3)9-7-5-2/h4,6,8,10H,3,5,7,9H2,1-2H3/b6-4+,10-8+. The molecule has 0 fully saturated rings. The second kappa shape index (κ2) is 8.30. The Morgan fingerprint density at radius 2 is 2.14 bits per heavy atom. The maximum Gasteiger partial charge on any atom is 0.335 e. The van der Waals surface area contributed by atoms with Crippen LogP contribution in [-0.2, 0) is 9.53 Å². The van der Waals surface area contributed by atoms with Gasteiger partial charge in [-0.25, -0.2) is 4.79 Å². The molecule has 0 amide bonds.